The summed E-state index contributed by atoms with van der Waals surface area (Å²) in [5, 5.41) is 5.74. The van der Waals surface area contributed by atoms with Crippen LogP contribution in [0.4, 0.5) is 17.5 Å². The summed E-state index contributed by atoms with van der Waals surface area (Å²) in [6, 6.07) is 3.66. The Hall–Kier alpha value is -2.25. The molecule has 2 saturated heterocycles. The van der Waals surface area contributed by atoms with Gasteiger partial charge in [-0.15, -0.1) is 0 Å². The Kier molecular flexibility index (Phi) is 8.54. The molecule has 0 aliphatic carbocycles. The third-order valence-electron chi connectivity index (χ3n) is 7.87. The molecule has 0 bridgehead atoms. The zero-order chi connectivity index (χ0) is 29.7. The molecule has 0 saturated carbocycles. The molecule has 222 valence electrons. The summed E-state index contributed by atoms with van der Waals surface area (Å²) in [5.74, 6) is 2.51. The number of fused-ring (bicyclic) bond motifs is 5. The van der Waals surface area contributed by atoms with E-state index in [-0.39, 0.29) is 5.91 Å². The van der Waals surface area contributed by atoms with E-state index in [2.05, 4.69) is 63.3 Å². The summed E-state index contributed by atoms with van der Waals surface area (Å²) in [7, 11) is 4.19. The number of piperazine rings is 1. The van der Waals surface area contributed by atoms with Crippen LogP contribution in [0.15, 0.2) is 24.8 Å². The Bertz CT molecular complexity index is 1570. The van der Waals surface area contributed by atoms with Crippen LogP contribution in [-0.2, 0) is 4.79 Å². The van der Waals surface area contributed by atoms with Crippen LogP contribution in [0, 0.1) is 9.49 Å². The van der Waals surface area contributed by atoms with Gasteiger partial charge in [0.1, 0.15) is 17.9 Å². The first-order valence-corrected chi connectivity index (χ1v) is 16.0. The van der Waals surface area contributed by atoms with Crippen molar-refractivity contribution in [3.05, 3.63) is 43.4 Å². The van der Waals surface area contributed by atoms with Gasteiger partial charge in [-0.25, -0.2) is 4.98 Å². The first-order valence-electron chi connectivity index (χ1n) is 13.8. The number of hydrogen-bond acceptors (Lipinski definition) is 8. The van der Waals surface area contributed by atoms with Gasteiger partial charge in [-0.2, -0.15) is 4.98 Å². The minimum Gasteiger partial charge on any atom is -0.489 e. The van der Waals surface area contributed by atoms with Crippen LogP contribution in [0.25, 0.3) is 22.0 Å². The lowest BCUT2D eigenvalue weighted by molar-refractivity contribution is -0.126. The average molecular weight is 743 g/mol. The molecular formula is C29H31Cl3IN7O2. The monoisotopic (exact) mass is 741 g/mol. The molecule has 2 aromatic carbocycles. The fraction of sp³-hybridized carbons (Fsp3) is 0.414. The summed E-state index contributed by atoms with van der Waals surface area (Å²) < 4.78 is 7.27. The Morgan fingerprint density at radius 2 is 1.83 bits per heavy atom. The van der Waals surface area contributed by atoms with Crippen molar-refractivity contribution in [3.63, 3.8) is 0 Å². The summed E-state index contributed by atoms with van der Waals surface area (Å²) in [4.78, 5) is 30.9. The smallest absolute Gasteiger partial charge is 0.246 e. The average Bonchev–Trinajstić information content (AvgIpc) is 2.93. The van der Waals surface area contributed by atoms with Gasteiger partial charge in [0.15, 0.2) is 5.75 Å². The molecule has 0 unspecified atom stereocenters. The Balaban J connectivity index is 1.52. The van der Waals surface area contributed by atoms with Crippen LogP contribution in [0.5, 0.6) is 5.75 Å². The van der Waals surface area contributed by atoms with Gasteiger partial charge in [0.25, 0.3) is 0 Å². The van der Waals surface area contributed by atoms with E-state index in [0.717, 1.165) is 45.7 Å². The minimum absolute atomic E-state index is 0.0626. The molecule has 0 spiro atoms. The van der Waals surface area contributed by atoms with E-state index in [1.807, 2.05) is 6.07 Å². The number of nitrogens with one attached hydrogen (secondary N) is 1. The highest BCUT2D eigenvalue weighted by Gasteiger charge is 2.33. The maximum Gasteiger partial charge on any atom is 0.246 e. The van der Waals surface area contributed by atoms with Crippen molar-refractivity contribution in [3.8, 4) is 16.9 Å². The van der Waals surface area contributed by atoms with Crippen LogP contribution in [0.1, 0.15) is 0 Å². The van der Waals surface area contributed by atoms with E-state index in [1.165, 1.54) is 6.08 Å². The van der Waals surface area contributed by atoms with E-state index < -0.39 is 0 Å². The van der Waals surface area contributed by atoms with Crippen LogP contribution in [-0.4, -0.2) is 98.7 Å². The molecule has 2 fully saturated rings. The predicted molar refractivity (Wildman–Crippen MR) is 180 cm³/mol. The normalized spacial score (nSPS) is 17.2. The molecule has 0 atom stereocenters. The first-order chi connectivity index (χ1) is 20.2. The zero-order valence-corrected chi connectivity index (χ0v) is 27.8. The molecule has 0 radical (unpaired) electrons. The second-order valence-electron chi connectivity index (χ2n) is 11.0. The van der Waals surface area contributed by atoms with Crippen LogP contribution >= 0.6 is 57.4 Å². The quantitative estimate of drug-likeness (QED) is 0.209. The molecule has 1 N–H and O–H groups in total. The van der Waals surface area contributed by atoms with Gasteiger partial charge in [0.05, 0.1) is 20.8 Å². The number of rotatable bonds is 5. The highest BCUT2D eigenvalue weighted by Crippen LogP contribution is 2.51. The van der Waals surface area contributed by atoms with Gasteiger partial charge in [-0.3, -0.25) is 4.79 Å². The van der Waals surface area contributed by atoms with E-state index in [9.17, 15) is 4.79 Å². The van der Waals surface area contributed by atoms with Gasteiger partial charge in [-0.1, -0.05) is 41.4 Å². The molecule has 42 heavy (non-hydrogen) atoms. The van der Waals surface area contributed by atoms with Crippen molar-refractivity contribution < 1.29 is 9.53 Å². The van der Waals surface area contributed by atoms with Crippen LogP contribution < -0.4 is 19.9 Å². The number of aromatic nitrogens is 2. The van der Waals surface area contributed by atoms with Crippen molar-refractivity contribution in [2.24, 2.45) is 5.92 Å². The third kappa shape index (κ3) is 5.45. The van der Waals surface area contributed by atoms with Crippen molar-refractivity contribution in [1.29, 1.82) is 0 Å². The van der Waals surface area contributed by atoms with Gasteiger partial charge < -0.3 is 29.7 Å². The lowest BCUT2D eigenvalue weighted by atomic mass is 9.98. The predicted octanol–water partition coefficient (Wildman–Crippen LogP) is 5.50. The number of amides is 1. The lowest BCUT2D eigenvalue weighted by Gasteiger charge is -2.41. The molecule has 6 rings (SSSR count). The van der Waals surface area contributed by atoms with E-state index in [0.29, 0.717) is 83.1 Å². The summed E-state index contributed by atoms with van der Waals surface area (Å²) in [5.41, 5.74) is 2.95. The van der Waals surface area contributed by atoms with Crippen LogP contribution in [0.2, 0.25) is 15.1 Å². The largest absolute Gasteiger partial charge is 0.489 e. The number of carbonyl (C=O) groups is 1. The summed E-state index contributed by atoms with van der Waals surface area (Å²) in [6.07, 6.45) is 1.36. The maximum atomic E-state index is 12.3. The number of carbonyl (C=O) groups excluding carboxylic acids is 1. The Morgan fingerprint density at radius 1 is 1.10 bits per heavy atom. The van der Waals surface area contributed by atoms with E-state index in [1.54, 1.807) is 11.0 Å². The summed E-state index contributed by atoms with van der Waals surface area (Å²) >= 11 is 22.6. The third-order valence-corrected chi connectivity index (χ3v) is 10.2. The standard InChI is InChI=1S/C29H31Cl3IN7O2/c1-4-21(41)38-6-8-39(9-7-38)28-17-11-18(30)22-23-24(33)19(31)12-20(32)26(23)34-5-10-42-27(22)25(17)35-29(36-28)40-14-16(15-40)13-37(2)3/h4,11-12,16,34H,1,5-10,13-15H2,2-3H3. The molecule has 3 aromatic rings. The number of halogens is 4. The fourth-order valence-corrected chi connectivity index (χ4v) is 7.41. The Labute approximate surface area is 273 Å². The molecule has 13 heteroatoms. The van der Waals surface area contributed by atoms with Gasteiger partial charge in [-0.05, 0) is 54.9 Å². The highest BCUT2D eigenvalue weighted by atomic mass is 127. The first kappa shape index (κ1) is 29.8. The highest BCUT2D eigenvalue weighted by molar-refractivity contribution is 14.1. The van der Waals surface area contributed by atoms with Gasteiger partial charge >= 0.3 is 0 Å². The van der Waals surface area contributed by atoms with Gasteiger partial charge in [0, 0.05) is 78.4 Å². The van der Waals surface area contributed by atoms with Crippen molar-refractivity contribution in [2.75, 3.05) is 88.2 Å². The Morgan fingerprint density at radius 3 is 2.52 bits per heavy atom. The number of nitrogens with zero attached hydrogens (tertiary/aromatic N) is 6. The van der Waals surface area contributed by atoms with Crippen molar-refractivity contribution >= 4 is 91.7 Å². The van der Waals surface area contributed by atoms with Crippen LogP contribution in [0.3, 0.4) is 0 Å². The SMILES string of the molecule is C=CC(=O)N1CCN(c2nc(N3CC(CN(C)C)C3)nc3c4c(c(Cl)cc23)-c2c(I)c(Cl)cc(Cl)c2NCCO4)CC1. The molecule has 1 amide bonds. The fourth-order valence-electron chi connectivity index (χ4n) is 5.90. The zero-order valence-electron chi connectivity index (χ0n) is 23.4. The van der Waals surface area contributed by atoms with Crippen molar-refractivity contribution in [2.45, 2.75) is 0 Å². The van der Waals surface area contributed by atoms with Crippen molar-refractivity contribution in [1.82, 2.24) is 19.8 Å². The molecule has 1 aromatic heterocycles. The molecule has 4 heterocycles. The number of benzene rings is 2. The van der Waals surface area contributed by atoms with Gasteiger partial charge in [0.2, 0.25) is 11.9 Å². The molecule has 9 nitrogen and oxygen atoms in total. The lowest BCUT2D eigenvalue weighted by Crippen LogP contribution is -2.51. The molecule has 3 aliphatic heterocycles. The summed E-state index contributed by atoms with van der Waals surface area (Å²) in [6.45, 7) is 9.72. The minimum atomic E-state index is -0.0626. The number of anilines is 3. The van der Waals surface area contributed by atoms with E-state index in [4.69, 9.17) is 49.5 Å². The topological polar surface area (TPSA) is 77.1 Å². The molecule has 3 aliphatic rings. The number of hydrogen-bond donors (Lipinski definition) is 1. The second-order valence-corrected chi connectivity index (χ2v) is 13.3. The molecular weight excluding hydrogens is 712 g/mol. The maximum absolute atomic E-state index is 12.3. The number of ether oxygens (including phenoxy) is 1. The second kappa shape index (κ2) is 12.0. The van der Waals surface area contributed by atoms with E-state index >= 15 is 0 Å².